The lowest BCUT2D eigenvalue weighted by atomic mass is 10.1. The molecule has 0 saturated carbocycles. The van der Waals surface area contributed by atoms with Gasteiger partial charge in [0.25, 0.3) is 5.91 Å². The van der Waals surface area contributed by atoms with Gasteiger partial charge < -0.3 is 5.32 Å². The van der Waals surface area contributed by atoms with Gasteiger partial charge in [0.1, 0.15) is 5.52 Å². The van der Waals surface area contributed by atoms with Crippen LogP contribution in [0.15, 0.2) is 42.5 Å². The van der Waals surface area contributed by atoms with Crippen LogP contribution in [0.3, 0.4) is 0 Å². The summed E-state index contributed by atoms with van der Waals surface area (Å²) >= 11 is 1.21. The van der Waals surface area contributed by atoms with Crippen molar-refractivity contribution in [1.82, 2.24) is 9.59 Å². The second-order valence-electron chi connectivity index (χ2n) is 4.83. The molecular formula is C15H10F3N3OS. The molecule has 0 saturated heterocycles. The van der Waals surface area contributed by atoms with Crippen molar-refractivity contribution in [2.24, 2.45) is 0 Å². The van der Waals surface area contributed by atoms with Gasteiger partial charge in [-0.25, -0.2) is 4.39 Å². The fraction of sp³-hybridized carbons (Fsp3) is 0.133. The van der Waals surface area contributed by atoms with Crippen LogP contribution in [0.4, 0.5) is 18.9 Å². The Labute approximate surface area is 133 Å². The van der Waals surface area contributed by atoms with Crippen molar-refractivity contribution < 1.29 is 18.0 Å². The quantitative estimate of drug-likeness (QED) is 0.783. The molecule has 0 radical (unpaired) electrons. The second-order valence-corrected chi connectivity index (χ2v) is 5.61. The summed E-state index contributed by atoms with van der Waals surface area (Å²) in [5.74, 6) is -4.05. The van der Waals surface area contributed by atoms with Crippen LogP contribution in [-0.4, -0.2) is 22.2 Å². The first-order chi connectivity index (χ1) is 11.0. The summed E-state index contributed by atoms with van der Waals surface area (Å²) in [6.07, 6.45) is 0. The standard InChI is InChI=1S/C15H10F3N3OS/c16-8-15(17,18)10-2-1-3-11(7-10)19-14(22)9-4-5-13-12(6-9)20-21-23-13/h1-7H,8H2,(H,19,22). The molecule has 118 valence electrons. The number of rotatable bonds is 4. The zero-order valence-electron chi connectivity index (χ0n) is 11.6. The van der Waals surface area contributed by atoms with E-state index in [9.17, 15) is 18.0 Å². The van der Waals surface area contributed by atoms with Crippen molar-refractivity contribution in [1.29, 1.82) is 0 Å². The highest BCUT2D eigenvalue weighted by Crippen LogP contribution is 2.30. The number of anilines is 1. The molecular weight excluding hydrogens is 327 g/mol. The minimum absolute atomic E-state index is 0.164. The average Bonchev–Trinajstić information content (AvgIpc) is 3.02. The first-order valence-electron chi connectivity index (χ1n) is 6.57. The number of aromatic nitrogens is 2. The SMILES string of the molecule is O=C(Nc1cccc(C(F)(F)CF)c1)c1ccc2snnc2c1. The molecule has 0 fully saturated rings. The maximum absolute atomic E-state index is 13.4. The van der Waals surface area contributed by atoms with Crippen LogP contribution < -0.4 is 5.32 Å². The van der Waals surface area contributed by atoms with Gasteiger partial charge in [-0.1, -0.05) is 16.6 Å². The van der Waals surface area contributed by atoms with Gasteiger partial charge in [-0.05, 0) is 41.9 Å². The number of nitrogens with zero attached hydrogens (tertiary/aromatic N) is 2. The molecule has 2 aromatic carbocycles. The Morgan fingerprint density at radius 2 is 2.04 bits per heavy atom. The molecule has 0 aliphatic rings. The van der Waals surface area contributed by atoms with Crippen LogP contribution >= 0.6 is 11.5 Å². The molecule has 1 aromatic heterocycles. The van der Waals surface area contributed by atoms with E-state index in [0.29, 0.717) is 11.1 Å². The number of carbonyl (C=O) groups excluding carboxylic acids is 1. The number of carbonyl (C=O) groups is 1. The summed E-state index contributed by atoms with van der Waals surface area (Å²) < 4.78 is 43.7. The van der Waals surface area contributed by atoms with Crippen molar-refractivity contribution in [2.75, 3.05) is 12.0 Å². The molecule has 3 aromatic rings. The molecule has 1 amide bonds. The molecule has 8 heteroatoms. The molecule has 3 rings (SSSR count). The van der Waals surface area contributed by atoms with Crippen molar-refractivity contribution in [3.63, 3.8) is 0 Å². The second kappa shape index (κ2) is 5.96. The molecule has 0 aliphatic carbocycles. The molecule has 0 unspecified atom stereocenters. The molecule has 0 bridgehead atoms. The Kier molecular flexibility index (Phi) is 3.99. The van der Waals surface area contributed by atoms with E-state index in [0.717, 1.165) is 16.8 Å². The van der Waals surface area contributed by atoms with Crippen molar-refractivity contribution in [3.05, 3.63) is 53.6 Å². The van der Waals surface area contributed by atoms with Gasteiger partial charge >= 0.3 is 5.92 Å². The van der Waals surface area contributed by atoms with Gasteiger partial charge in [0, 0.05) is 16.8 Å². The number of halogens is 3. The molecule has 0 aliphatic heterocycles. The molecule has 23 heavy (non-hydrogen) atoms. The molecule has 0 spiro atoms. The van der Waals surface area contributed by atoms with E-state index in [1.165, 1.54) is 23.7 Å². The van der Waals surface area contributed by atoms with Crippen molar-refractivity contribution in [2.45, 2.75) is 5.92 Å². The summed E-state index contributed by atoms with van der Waals surface area (Å²) in [5, 5.41) is 6.39. The van der Waals surface area contributed by atoms with Gasteiger partial charge in [0.2, 0.25) is 0 Å². The topological polar surface area (TPSA) is 54.9 Å². The molecule has 4 nitrogen and oxygen atoms in total. The van der Waals surface area contributed by atoms with E-state index in [4.69, 9.17) is 0 Å². The van der Waals surface area contributed by atoms with E-state index in [2.05, 4.69) is 14.9 Å². The van der Waals surface area contributed by atoms with E-state index in [-0.39, 0.29) is 5.69 Å². The molecule has 1 N–H and O–H groups in total. The Morgan fingerprint density at radius 3 is 2.83 bits per heavy atom. The van der Waals surface area contributed by atoms with Gasteiger partial charge in [-0.3, -0.25) is 4.79 Å². The fourth-order valence-electron chi connectivity index (χ4n) is 2.03. The maximum atomic E-state index is 13.4. The van der Waals surface area contributed by atoms with E-state index < -0.39 is 24.1 Å². The molecule has 1 heterocycles. The lowest BCUT2D eigenvalue weighted by Gasteiger charge is -2.14. The van der Waals surface area contributed by atoms with Gasteiger partial charge in [0.15, 0.2) is 6.67 Å². The Morgan fingerprint density at radius 1 is 1.22 bits per heavy atom. The Hall–Kier alpha value is -2.48. The highest BCUT2D eigenvalue weighted by Gasteiger charge is 2.31. The number of benzene rings is 2. The van der Waals surface area contributed by atoms with Crippen LogP contribution in [0, 0.1) is 0 Å². The lowest BCUT2D eigenvalue weighted by molar-refractivity contribution is -0.0280. The minimum atomic E-state index is -3.58. The van der Waals surface area contributed by atoms with Crippen LogP contribution in [0.5, 0.6) is 0 Å². The third-order valence-corrected chi connectivity index (χ3v) is 3.92. The Bertz CT molecular complexity index is 866. The first-order valence-corrected chi connectivity index (χ1v) is 7.35. The number of hydrogen-bond donors (Lipinski definition) is 1. The predicted molar refractivity (Wildman–Crippen MR) is 81.7 cm³/mol. The first kappa shape index (κ1) is 15.4. The number of alkyl halides is 3. The van der Waals surface area contributed by atoms with Gasteiger partial charge in [0.05, 0.1) is 4.70 Å². The van der Waals surface area contributed by atoms with E-state index in [1.807, 2.05) is 0 Å². The van der Waals surface area contributed by atoms with Gasteiger partial charge in [-0.2, -0.15) is 8.78 Å². The number of hydrogen-bond acceptors (Lipinski definition) is 4. The number of nitrogens with one attached hydrogen (secondary N) is 1. The number of fused-ring (bicyclic) bond motifs is 1. The summed E-state index contributed by atoms with van der Waals surface area (Å²) in [7, 11) is 0. The van der Waals surface area contributed by atoms with Crippen molar-refractivity contribution >= 4 is 33.3 Å². The Balaban J connectivity index is 1.83. The normalized spacial score (nSPS) is 11.6. The van der Waals surface area contributed by atoms with Crippen LogP contribution in [0.2, 0.25) is 0 Å². The van der Waals surface area contributed by atoms with E-state index >= 15 is 0 Å². The fourth-order valence-corrected chi connectivity index (χ4v) is 2.57. The average molecular weight is 337 g/mol. The van der Waals surface area contributed by atoms with Crippen LogP contribution in [0.1, 0.15) is 15.9 Å². The highest BCUT2D eigenvalue weighted by molar-refractivity contribution is 7.12. The highest BCUT2D eigenvalue weighted by atomic mass is 32.1. The number of amides is 1. The lowest BCUT2D eigenvalue weighted by Crippen LogP contribution is -2.17. The van der Waals surface area contributed by atoms with Crippen LogP contribution in [-0.2, 0) is 5.92 Å². The summed E-state index contributed by atoms with van der Waals surface area (Å²) in [6.45, 7) is -1.79. The molecule has 0 atom stereocenters. The zero-order valence-corrected chi connectivity index (χ0v) is 12.4. The summed E-state index contributed by atoms with van der Waals surface area (Å²) in [4.78, 5) is 12.2. The third-order valence-electron chi connectivity index (χ3n) is 3.22. The zero-order chi connectivity index (χ0) is 16.4. The maximum Gasteiger partial charge on any atom is 0.301 e. The van der Waals surface area contributed by atoms with Crippen molar-refractivity contribution in [3.8, 4) is 0 Å². The largest absolute Gasteiger partial charge is 0.322 e. The summed E-state index contributed by atoms with van der Waals surface area (Å²) in [5.41, 5.74) is 0.585. The smallest absolute Gasteiger partial charge is 0.301 e. The summed E-state index contributed by atoms with van der Waals surface area (Å²) in [6, 6.07) is 9.83. The van der Waals surface area contributed by atoms with E-state index in [1.54, 1.807) is 18.2 Å². The third kappa shape index (κ3) is 3.16. The monoisotopic (exact) mass is 337 g/mol. The predicted octanol–water partition coefficient (Wildman–Crippen LogP) is 4.00. The van der Waals surface area contributed by atoms with Crippen LogP contribution in [0.25, 0.3) is 10.2 Å². The van der Waals surface area contributed by atoms with Gasteiger partial charge in [-0.15, -0.1) is 5.10 Å². The minimum Gasteiger partial charge on any atom is -0.322 e.